The zero-order valence-electron chi connectivity index (χ0n) is 15.1. The largest absolute Gasteiger partial charge is 0.353 e. The van der Waals surface area contributed by atoms with Crippen LogP contribution in [0.1, 0.15) is 43.7 Å². The topological polar surface area (TPSA) is 78.1 Å². The molecule has 6 nitrogen and oxygen atoms in total. The molecule has 2 aromatic rings. The summed E-state index contributed by atoms with van der Waals surface area (Å²) in [6.45, 7) is 1.37. The smallest absolute Gasteiger partial charge is 0.224 e. The summed E-state index contributed by atoms with van der Waals surface area (Å²) in [5.74, 6) is 0.145. The summed E-state index contributed by atoms with van der Waals surface area (Å²) in [7, 11) is 0. The van der Waals surface area contributed by atoms with Crippen LogP contribution in [0.5, 0.6) is 0 Å². The van der Waals surface area contributed by atoms with Crippen molar-refractivity contribution in [2.45, 2.75) is 44.1 Å². The van der Waals surface area contributed by atoms with E-state index in [9.17, 15) is 14.0 Å². The Labute approximate surface area is 157 Å². The van der Waals surface area contributed by atoms with Crippen LogP contribution in [-0.4, -0.2) is 46.0 Å². The molecule has 1 atom stereocenters. The molecular weight excluding hydrogens is 347 g/mol. The molecule has 0 unspecified atom stereocenters. The predicted molar refractivity (Wildman–Crippen MR) is 98.3 cm³/mol. The third-order valence-electron chi connectivity index (χ3n) is 5.57. The zero-order chi connectivity index (χ0) is 18.8. The maximum atomic E-state index is 13.6. The fourth-order valence-electron chi connectivity index (χ4n) is 4.08. The Morgan fingerprint density at radius 2 is 2.07 bits per heavy atom. The van der Waals surface area contributed by atoms with Gasteiger partial charge in [0.2, 0.25) is 11.8 Å². The summed E-state index contributed by atoms with van der Waals surface area (Å²) < 4.78 is 13.6. The summed E-state index contributed by atoms with van der Waals surface area (Å²) in [6.07, 6.45) is 5.06. The summed E-state index contributed by atoms with van der Waals surface area (Å²) in [6, 6.07) is 6.51. The van der Waals surface area contributed by atoms with E-state index in [1.807, 2.05) is 11.0 Å². The predicted octanol–water partition coefficient (Wildman–Crippen LogP) is 2.59. The third-order valence-corrected chi connectivity index (χ3v) is 5.57. The minimum atomic E-state index is -0.265. The molecule has 2 aliphatic heterocycles. The normalized spacial score (nSPS) is 20.7. The molecule has 3 heterocycles. The fourth-order valence-corrected chi connectivity index (χ4v) is 4.08. The van der Waals surface area contributed by atoms with Crippen molar-refractivity contribution in [3.05, 3.63) is 42.0 Å². The number of nitrogens with zero attached hydrogens (tertiary/aromatic N) is 2. The Morgan fingerprint density at radius 3 is 2.78 bits per heavy atom. The highest BCUT2D eigenvalue weighted by Gasteiger charge is 2.29. The highest BCUT2D eigenvalue weighted by molar-refractivity contribution is 5.82. The summed E-state index contributed by atoms with van der Waals surface area (Å²) in [5.41, 5.74) is 2.75. The van der Waals surface area contributed by atoms with Gasteiger partial charge >= 0.3 is 0 Å². The van der Waals surface area contributed by atoms with E-state index < -0.39 is 0 Å². The van der Waals surface area contributed by atoms with Gasteiger partial charge in [-0.15, -0.1) is 0 Å². The third kappa shape index (κ3) is 3.86. The van der Waals surface area contributed by atoms with E-state index in [-0.39, 0.29) is 29.6 Å². The lowest BCUT2D eigenvalue weighted by atomic mass is 9.89. The fraction of sp³-hybridized carbons (Fsp3) is 0.450. The molecule has 142 valence electrons. The van der Waals surface area contributed by atoms with E-state index in [0.29, 0.717) is 25.9 Å². The van der Waals surface area contributed by atoms with Crippen LogP contribution in [0.4, 0.5) is 4.39 Å². The minimum Gasteiger partial charge on any atom is -0.353 e. The number of piperidine rings is 1. The Balaban J connectivity index is 1.38. The first-order chi connectivity index (χ1) is 13.1. The van der Waals surface area contributed by atoms with E-state index in [2.05, 4.69) is 15.5 Å². The van der Waals surface area contributed by atoms with Gasteiger partial charge in [-0.05, 0) is 37.0 Å². The number of rotatable bonds is 4. The molecule has 4 rings (SSSR count). The van der Waals surface area contributed by atoms with Gasteiger partial charge in [0.25, 0.3) is 0 Å². The van der Waals surface area contributed by atoms with Gasteiger partial charge in [-0.25, -0.2) is 4.39 Å². The van der Waals surface area contributed by atoms with Gasteiger partial charge in [0.1, 0.15) is 5.82 Å². The first kappa shape index (κ1) is 17.7. The number of nitrogens with one attached hydrogen (secondary N) is 2. The first-order valence-electron chi connectivity index (χ1n) is 9.46. The maximum Gasteiger partial charge on any atom is 0.224 e. The number of hydrogen-bond donors (Lipinski definition) is 2. The van der Waals surface area contributed by atoms with Crippen LogP contribution in [0.3, 0.4) is 0 Å². The molecule has 2 saturated heterocycles. The molecule has 2 N–H and O–H groups in total. The summed E-state index contributed by atoms with van der Waals surface area (Å²) in [5, 5.41) is 10.1. The van der Waals surface area contributed by atoms with Gasteiger partial charge in [-0.3, -0.25) is 14.7 Å². The van der Waals surface area contributed by atoms with Crippen molar-refractivity contribution >= 4 is 11.8 Å². The van der Waals surface area contributed by atoms with Crippen LogP contribution < -0.4 is 5.32 Å². The lowest BCUT2D eigenvalue weighted by molar-refractivity contribution is -0.132. The van der Waals surface area contributed by atoms with Crippen molar-refractivity contribution in [2.24, 2.45) is 0 Å². The number of aromatic nitrogens is 2. The van der Waals surface area contributed by atoms with Gasteiger partial charge in [-0.1, -0.05) is 12.1 Å². The lowest BCUT2D eigenvalue weighted by Gasteiger charge is -2.32. The van der Waals surface area contributed by atoms with E-state index in [4.69, 9.17) is 0 Å². The van der Waals surface area contributed by atoms with Crippen molar-refractivity contribution < 1.29 is 14.0 Å². The Bertz CT molecular complexity index is 842. The molecule has 1 aromatic carbocycles. The monoisotopic (exact) mass is 370 g/mol. The summed E-state index contributed by atoms with van der Waals surface area (Å²) >= 11 is 0. The second-order valence-corrected chi connectivity index (χ2v) is 7.37. The Morgan fingerprint density at radius 1 is 1.26 bits per heavy atom. The lowest BCUT2D eigenvalue weighted by Crippen LogP contribution is -2.41. The Kier molecular flexibility index (Phi) is 4.92. The van der Waals surface area contributed by atoms with E-state index in [0.717, 1.165) is 36.1 Å². The Hall–Kier alpha value is -2.70. The van der Waals surface area contributed by atoms with E-state index in [1.54, 1.807) is 12.3 Å². The van der Waals surface area contributed by atoms with Crippen LogP contribution in [0.2, 0.25) is 0 Å². The number of benzene rings is 1. The highest BCUT2D eigenvalue weighted by atomic mass is 19.1. The first-order valence-corrected chi connectivity index (χ1v) is 9.46. The van der Waals surface area contributed by atoms with Crippen LogP contribution in [0, 0.1) is 5.82 Å². The van der Waals surface area contributed by atoms with Crippen LogP contribution in [0.25, 0.3) is 11.1 Å². The van der Waals surface area contributed by atoms with Gasteiger partial charge in [0.05, 0.1) is 6.20 Å². The van der Waals surface area contributed by atoms with E-state index >= 15 is 0 Å². The second-order valence-electron chi connectivity index (χ2n) is 7.37. The minimum absolute atomic E-state index is 0.0186. The second kappa shape index (κ2) is 7.50. The number of H-pyrrole nitrogens is 1. The van der Waals surface area contributed by atoms with Crippen LogP contribution >= 0.6 is 0 Å². The van der Waals surface area contributed by atoms with Crippen molar-refractivity contribution in [3.8, 4) is 11.1 Å². The highest BCUT2D eigenvalue weighted by Crippen LogP contribution is 2.34. The number of hydrogen-bond acceptors (Lipinski definition) is 3. The molecule has 7 heteroatoms. The van der Waals surface area contributed by atoms with Crippen molar-refractivity contribution in [1.29, 1.82) is 0 Å². The molecule has 1 aromatic heterocycles. The molecule has 0 saturated carbocycles. The number of carbonyl (C=O) groups is 2. The number of halogens is 1. The average molecular weight is 370 g/mol. The van der Waals surface area contributed by atoms with Crippen LogP contribution in [0.15, 0.2) is 30.5 Å². The van der Waals surface area contributed by atoms with Crippen molar-refractivity contribution in [1.82, 2.24) is 20.4 Å². The van der Waals surface area contributed by atoms with Crippen molar-refractivity contribution in [3.63, 3.8) is 0 Å². The number of aromatic amines is 1. The standard InChI is InChI=1S/C20H23FN4O2/c21-15-3-1-2-14(10-15)17-12-22-24-20(17)13-6-8-25(9-7-13)19(27)11-16-4-5-18(26)23-16/h1-3,10,12-13,16H,4-9,11H2,(H,22,24)(H,23,26)/t16-/m0/s1. The molecule has 0 radical (unpaired) electrons. The zero-order valence-corrected chi connectivity index (χ0v) is 15.1. The van der Waals surface area contributed by atoms with Gasteiger partial charge < -0.3 is 10.2 Å². The molecule has 0 spiro atoms. The molecule has 2 fully saturated rings. The van der Waals surface area contributed by atoms with Gasteiger partial charge in [-0.2, -0.15) is 5.10 Å². The molecule has 0 aliphatic carbocycles. The number of carbonyl (C=O) groups excluding carboxylic acids is 2. The molecular formula is C20H23FN4O2. The van der Waals surface area contributed by atoms with Gasteiger partial charge in [0, 0.05) is 49.1 Å². The number of amides is 2. The molecule has 0 bridgehead atoms. The number of likely N-dealkylation sites (tertiary alicyclic amines) is 1. The van der Waals surface area contributed by atoms with Crippen molar-refractivity contribution in [2.75, 3.05) is 13.1 Å². The maximum absolute atomic E-state index is 13.6. The van der Waals surface area contributed by atoms with E-state index in [1.165, 1.54) is 12.1 Å². The molecule has 2 aliphatic rings. The molecule has 2 amide bonds. The van der Waals surface area contributed by atoms with Crippen LogP contribution in [-0.2, 0) is 9.59 Å². The quantitative estimate of drug-likeness (QED) is 0.868. The summed E-state index contributed by atoms with van der Waals surface area (Å²) in [4.78, 5) is 25.7. The van der Waals surface area contributed by atoms with Gasteiger partial charge in [0.15, 0.2) is 0 Å². The average Bonchev–Trinajstić information content (AvgIpc) is 3.31. The molecule has 27 heavy (non-hydrogen) atoms. The SMILES string of the molecule is O=C1CC[C@@H](CC(=O)N2CCC(c3[nH]ncc3-c3cccc(F)c3)CC2)N1.